The molecule has 108 valence electrons. The molecule has 1 aromatic rings. The van der Waals surface area contributed by atoms with Crippen LogP contribution in [-0.2, 0) is 9.53 Å². The molecular weight excluding hydrogens is 330 g/mol. The maximum absolute atomic E-state index is 11.7. The van der Waals surface area contributed by atoms with Crippen LogP contribution in [0.15, 0.2) is 22.7 Å². The summed E-state index contributed by atoms with van der Waals surface area (Å²) in [5.74, 6) is -0.990. The maximum atomic E-state index is 11.7. The summed E-state index contributed by atoms with van der Waals surface area (Å²) in [6, 6.07) is 3.88. The van der Waals surface area contributed by atoms with E-state index in [4.69, 9.17) is 4.74 Å². The summed E-state index contributed by atoms with van der Waals surface area (Å²) in [5.41, 5.74) is -0.811. The number of Topliss-reactive ketones (excluding diaryl/α,β-unsaturated/α-hetero) is 1. The van der Waals surface area contributed by atoms with Crippen LogP contribution in [0.1, 0.15) is 31.1 Å². The van der Waals surface area contributed by atoms with Crippen molar-refractivity contribution in [1.82, 2.24) is 0 Å². The second-order valence-electron chi connectivity index (χ2n) is 5.17. The maximum Gasteiger partial charge on any atom is 0.338 e. The van der Waals surface area contributed by atoms with Crippen molar-refractivity contribution in [2.24, 2.45) is 5.41 Å². The molecule has 0 aliphatic rings. The van der Waals surface area contributed by atoms with E-state index in [9.17, 15) is 19.7 Å². The van der Waals surface area contributed by atoms with Crippen LogP contribution in [0.2, 0.25) is 0 Å². The minimum atomic E-state index is -0.766. The first-order valence-electron chi connectivity index (χ1n) is 5.77. The van der Waals surface area contributed by atoms with Gasteiger partial charge in [0.25, 0.3) is 5.69 Å². The number of halogens is 1. The summed E-state index contributed by atoms with van der Waals surface area (Å²) in [5, 5.41) is 10.8. The van der Waals surface area contributed by atoms with E-state index in [2.05, 4.69) is 15.9 Å². The monoisotopic (exact) mass is 343 g/mol. The topological polar surface area (TPSA) is 86.5 Å². The number of nitro benzene ring substituents is 1. The lowest BCUT2D eigenvalue weighted by atomic mass is 9.91. The molecule has 0 N–H and O–H groups in total. The predicted molar refractivity (Wildman–Crippen MR) is 75.5 cm³/mol. The number of nitro groups is 1. The Hall–Kier alpha value is -1.76. The Bertz CT molecular complexity index is 562. The minimum absolute atomic E-state index is 0.0293. The molecule has 0 amide bonds. The van der Waals surface area contributed by atoms with Gasteiger partial charge in [-0.2, -0.15) is 0 Å². The molecule has 0 heterocycles. The molecule has 6 nitrogen and oxygen atoms in total. The number of ether oxygens (including phenoxy) is 1. The third-order valence-electron chi connectivity index (χ3n) is 2.55. The zero-order valence-electron chi connectivity index (χ0n) is 11.3. The van der Waals surface area contributed by atoms with E-state index in [0.29, 0.717) is 0 Å². The number of carbonyl (C=O) groups is 2. The number of benzene rings is 1. The van der Waals surface area contributed by atoms with E-state index in [1.165, 1.54) is 12.1 Å². The van der Waals surface area contributed by atoms with Crippen molar-refractivity contribution in [2.75, 3.05) is 6.61 Å². The van der Waals surface area contributed by atoms with Gasteiger partial charge in [0.1, 0.15) is 0 Å². The molecule has 1 rings (SSSR count). The predicted octanol–water partition coefficient (Wildman–Crippen LogP) is 3.13. The Morgan fingerprint density at radius 3 is 2.45 bits per heavy atom. The molecule has 0 spiro atoms. The minimum Gasteiger partial charge on any atom is -0.454 e. The van der Waals surface area contributed by atoms with E-state index in [1.807, 2.05) is 0 Å². The third-order valence-corrected chi connectivity index (χ3v) is 3.22. The van der Waals surface area contributed by atoms with E-state index < -0.39 is 16.3 Å². The van der Waals surface area contributed by atoms with Gasteiger partial charge in [-0.1, -0.05) is 20.8 Å². The number of carbonyl (C=O) groups excluding carboxylic acids is 2. The molecule has 0 fully saturated rings. The van der Waals surface area contributed by atoms with Crippen molar-refractivity contribution in [2.45, 2.75) is 20.8 Å². The Morgan fingerprint density at radius 1 is 1.35 bits per heavy atom. The Balaban J connectivity index is 2.81. The lowest BCUT2D eigenvalue weighted by molar-refractivity contribution is -0.385. The van der Waals surface area contributed by atoms with Crippen LogP contribution in [0, 0.1) is 15.5 Å². The van der Waals surface area contributed by atoms with E-state index in [0.717, 1.165) is 6.07 Å². The molecule has 7 heteroatoms. The Labute approximate surface area is 124 Å². The second-order valence-corrected chi connectivity index (χ2v) is 6.03. The number of hydrogen-bond acceptors (Lipinski definition) is 5. The van der Waals surface area contributed by atoms with E-state index in [1.54, 1.807) is 20.8 Å². The van der Waals surface area contributed by atoms with Crippen LogP contribution < -0.4 is 0 Å². The molecule has 0 aliphatic heterocycles. The molecule has 0 unspecified atom stereocenters. The standard InChI is InChI=1S/C13H14BrNO5/c1-13(2,3)11(16)7-20-12(17)8-4-5-9(14)10(6-8)15(18)19/h4-6H,7H2,1-3H3. The molecule has 20 heavy (non-hydrogen) atoms. The fourth-order valence-electron chi connectivity index (χ4n) is 1.21. The van der Waals surface area contributed by atoms with Gasteiger partial charge in [-0.25, -0.2) is 4.79 Å². The average molecular weight is 344 g/mol. The molecule has 0 atom stereocenters. The van der Waals surface area contributed by atoms with Crippen LogP contribution in [0.3, 0.4) is 0 Å². The summed E-state index contributed by atoms with van der Waals surface area (Å²) >= 11 is 3.02. The highest BCUT2D eigenvalue weighted by Crippen LogP contribution is 2.26. The molecule has 0 bridgehead atoms. The largest absolute Gasteiger partial charge is 0.454 e. The molecule has 0 aliphatic carbocycles. The van der Waals surface area contributed by atoms with E-state index >= 15 is 0 Å². The second kappa shape index (κ2) is 6.13. The van der Waals surface area contributed by atoms with Gasteiger partial charge in [-0.3, -0.25) is 14.9 Å². The highest BCUT2D eigenvalue weighted by atomic mass is 79.9. The van der Waals surface area contributed by atoms with Crippen molar-refractivity contribution in [1.29, 1.82) is 0 Å². The van der Waals surface area contributed by atoms with Crippen molar-refractivity contribution in [3.8, 4) is 0 Å². The average Bonchev–Trinajstić information content (AvgIpc) is 2.34. The van der Waals surface area contributed by atoms with Crippen molar-refractivity contribution < 1.29 is 19.2 Å². The first-order chi connectivity index (χ1) is 9.12. The van der Waals surface area contributed by atoms with Crippen LogP contribution in [0.25, 0.3) is 0 Å². The van der Waals surface area contributed by atoms with Crippen LogP contribution in [-0.4, -0.2) is 23.3 Å². The fraction of sp³-hybridized carbons (Fsp3) is 0.385. The first kappa shape index (κ1) is 16.3. The third kappa shape index (κ3) is 4.12. The Kier molecular flexibility index (Phi) is 4.99. The van der Waals surface area contributed by atoms with Gasteiger partial charge in [0.05, 0.1) is 15.0 Å². The van der Waals surface area contributed by atoms with Crippen molar-refractivity contribution in [3.63, 3.8) is 0 Å². The number of rotatable bonds is 4. The number of nitrogens with zero attached hydrogens (tertiary/aromatic N) is 1. The molecule has 0 aromatic heterocycles. The number of esters is 1. The zero-order valence-corrected chi connectivity index (χ0v) is 12.9. The van der Waals surface area contributed by atoms with Crippen LogP contribution >= 0.6 is 15.9 Å². The molecule has 0 radical (unpaired) electrons. The van der Waals surface area contributed by atoms with Crippen molar-refractivity contribution in [3.05, 3.63) is 38.3 Å². The molecule has 0 saturated carbocycles. The summed E-state index contributed by atoms with van der Waals surface area (Å²) < 4.78 is 5.13. The van der Waals surface area contributed by atoms with Gasteiger partial charge in [0, 0.05) is 11.5 Å². The summed E-state index contributed by atoms with van der Waals surface area (Å²) in [7, 11) is 0. The Morgan fingerprint density at radius 2 is 1.95 bits per heavy atom. The summed E-state index contributed by atoms with van der Waals surface area (Å²) in [4.78, 5) is 33.5. The first-order valence-corrected chi connectivity index (χ1v) is 6.56. The quantitative estimate of drug-likeness (QED) is 0.476. The highest BCUT2D eigenvalue weighted by molar-refractivity contribution is 9.10. The normalized spacial score (nSPS) is 11.0. The van der Waals surface area contributed by atoms with Crippen LogP contribution in [0.5, 0.6) is 0 Å². The lowest BCUT2D eigenvalue weighted by Gasteiger charge is -2.16. The van der Waals surface area contributed by atoms with Gasteiger partial charge in [0.15, 0.2) is 12.4 Å². The summed E-state index contributed by atoms with van der Waals surface area (Å²) in [6.45, 7) is 4.79. The number of hydrogen-bond donors (Lipinski definition) is 0. The van der Waals surface area contributed by atoms with Gasteiger partial charge >= 0.3 is 5.97 Å². The van der Waals surface area contributed by atoms with Gasteiger partial charge in [-0.05, 0) is 28.1 Å². The SMILES string of the molecule is CC(C)(C)C(=O)COC(=O)c1ccc(Br)c([N+](=O)[O-])c1. The zero-order chi connectivity index (χ0) is 15.5. The fourth-order valence-corrected chi connectivity index (χ4v) is 1.60. The van der Waals surface area contributed by atoms with Crippen LogP contribution in [0.4, 0.5) is 5.69 Å². The highest BCUT2D eigenvalue weighted by Gasteiger charge is 2.23. The summed E-state index contributed by atoms with van der Waals surface area (Å²) in [6.07, 6.45) is 0. The number of ketones is 1. The lowest BCUT2D eigenvalue weighted by Crippen LogP contribution is -2.26. The smallest absolute Gasteiger partial charge is 0.338 e. The van der Waals surface area contributed by atoms with Gasteiger partial charge in [-0.15, -0.1) is 0 Å². The molecule has 0 saturated heterocycles. The van der Waals surface area contributed by atoms with E-state index in [-0.39, 0.29) is 28.1 Å². The molecule has 1 aromatic carbocycles. The van der Waals surface area contributed by atoms with Crippen molar-refractivity contribution >= 4 is 33.4 Å². The van der Waals surface area contributed by atoms with Gasteiger partial charge in [0.2, 0.25) is 0 Å². The molecular formula is C13H14BrNO5. The van der Waals surface area contributed by atoms with Gasteiger partial charge < -0.3 is 4.74 Å².